The maximum absolute atomic E-state index is 13.9. The van der Waals surface area contributed by atoms with E-state index in [2.05, 4.69) is 5.32 Å². The molecule has 39 heavy (non-hydrogen) atoms. The molecule has 208 valence electrons. The fourth-order valence-electron chi connectivity index (χ4n) is 4.04. The second-order valence-corrected chi connectivity index (χ2v) is 11.7. The molecule has 3 rings (SSSR count). The molecule has 1 atom stereocenters. The number of ether oxygens (including phenoxy) is 1. The Balaban J connectivity index is 2.00. The van der Waals surface area contributed by atoms with Crippen LogP contribution in [0, 0.1) is 12.8 Å². The van der Waals surface area contributed by atoms with Crippen LogP contribution < -0.4 is 14.4 Å². The van der Waals surface area contributed by atoms with Gasteiger partial charge < -0.3 is 15.0 Å². The minimum atomic E-state index is -4.09. The zero-order valence-corrected chi connectivity index (χ0v) is 23.9. The highest BCUT2D eigenvalue weighted by Gasteiger charge is 2.33. The Kier molecular flexibility index (Phi) is 10.1. The van der Waals surface area contributed by atoms with Crippen LogP contribution >= 0.6 is 0 Å². The van der Waals surface area contributed by atoms with E-state index in [9.17, 15) is 18.0 Å². The van der Waals surface area contributed by atoms with E-state index in [-0.39, 0.29) is 23.3 Å². The third-order valence-corrected chi connectivity index (χ3v) is 8.13. The highest BCUT2D eigenvalue weighted by atomic mass is 32.2. The predicted octanol–water partition coefficient (Wildman–Crippen LogP) is 4.39. The van der Waals surface area contributed by atoms with Crippen LogP contribution in [-0.4, -0.2) is 51.4 Å². The Morgan fingerprint density at radius 1 is 0.897 bits per heavy atom. The molecule has 0 aliphatic heterocycles. The average molecular weight is 552 g/mol. The molecule has 0 saturated carbocycles. The molecule has 0 aliphatic carbocycles. The van der Waals surface area contributed by atoms with Crippen LogP contribution in [0.5, 0.6) is 5.75 Å². The normalized spacial score (nSPS) is 12.1. The van der Waals surface area contributed by atoms with Gasteiger partial charge in [0.25, 0.3) is 10.0 Å². The SMILES string of the molecule is COc1ccc(CN(C(=O)CN(c2ccccc2C)S(=O)(=O)c2ccccc2)[C@@H](C)C(=O)NCC(C)C)cc1. The number of carbonyl (C=O) groups is 2. The lowest BCUT2D eigenvalue weighted by molar-refractivity contribution is -0.139. The first-order valence-corrected chi connectivity index (χ1v) is 14.3. The number of nitrogens with zero attached hydrogens (tertiary/aromatic N) is 2. The second-order valence-electron chi connectivity index (χ2n) is 9.80. The summed E-state index contributed by atoms with van der Waals surface area (Å²) in [4.78, 5) is 28.5. The van der Waals surface area contributed by atoms with Crippen molar-refractivity contribution in [2.75, 3.05) is 24.5 Å². The zero-order chi connectivity index (χ0) is 28.6. The number of methoxy groups -OCH3 is 1. The summed E-state index contributed by atoms with van der Waals surface area (Å²) in [5.74, 6) is 0.0955. The Hall–Kier alpha value is -3.85. The summed E-state index contributed by atoms with van der Waals surface area (Å²) in [6.07, 6.45) is 0. The molecular weight excluding hydrogens is 514 g/mol. The first-order valence-electron chi connectivity index (χ1n) is 12.9. The minimum absolute atomic E-state index is 0.0745. The van der Waals surface area contributed by atoms with E-state index in [4.69, 9.17) is 4.74 Å². The van der Waals surface area contributed by atoms with Crippen molar-refractivity contribution in [1.82, 2.24) is 10.2 Å². The van der Waals surface area contributed by atoms with E-state index in [1.807, 2.05) is 32.0 Å². The van der Waals surface area contributed by atoms with Crippen LogP contribution in [0.15, 0.2) is 83.8 Å². The van der Waals surface area contributed by atoms with Crippen LogP contribution in [-0.2, 0) is 26.2 Å². The topological polar surface area (TPSA) is 96.0 Å². The molecule has 3 aromatic rings. The molecule has 0 bridgehead atoms. The van der Waals surface area contributed by atoms with Gasteiger partial charge in [0.2, 0.25) is 11.8 Å². The molecule has 9 heteroatoms. The van der Waals surface area contributed by atoms with E-state index in [1.54, 1.807) is 69.5 Å². The number of hydrogen-bond donors (Lipinski definition) is 1. The molecule has 8 nitrogen and oxygen atoms in total. The van der Waals surface area contributed by atoms with Crippen molar-refractivity contribution in [3.63, 3.8) is 0 Å². The van der Waals surface area contributed by atoms with Crippen LogP contribution in [0.25, 0.3) is 0 Å². The highest BCUT2D eigenvalue weighted by molar-refractivity contribution is 7.92. The van der Waals surface area contributed by atoms with Gasteiger partial charge in [0, 0.05) is 13.1 Å². The van der Waals surface area contributed by atoms with Gasteiger partial charge in [-0.25, -0.2) is 8.42 Å². The van der Waals surface area contributed by atoms with Gasteiger partial charge >= 0.3 is 0 Å². The Morgan fingerprint density at radius 2 is 1.51 bits per heavy atom. The number of sulfonamides is 1. The van der Waals surface area contributed by atoms with Crippen LogP contribution in [0.2, 0.25) is 0 Å². The molecule has 0 fully saturated rings. The summed E-state index contributed by atoms with van der Waals surface area (Å²) in [5.41, 5.74) is 1.88. The summed E-state index contributed by atoms with van der Waals surface area (Å²) in [5, 5.41) is 2.89. The fourth-order valence-corrected chi connectivity index (χ4v) is 5.54. The molecule has 2 amide bonds. The number of rotatable bonds is 12. The van der Waals surface area contributed by atoms with Crippen molar-refractivity contribution in [2.45, 2.75) is 45.2 Å². The molecular formula is C30H37N3O5S. The molecule has 0 heterocycles. The zero-order valence-electron chi connectivity index (χ0n) is 23.1. The summed E-state index contributed by atoms with van der Waals surface area (Å²) in [6, 6.07) is 21.4. The van der Waals surface area contributed by atoms with Crippen LogP contribution in [0.4, 0.5) is 5.69 Å². The average Bonchev–Trinajstić information content (AvgIpc) is 2.94. The van der Waals surface area contributed by atoms with Gasteiger partial charge in [0.1, 0.15) is 18.3 Å². The van der Waals surface area contributed by atoms with Gasteiger partial charge in [-0.05, 0) is 61.2 Å². The molecule has 0 aromatic heterocycles. The lowest BCUT2D eigenvalue weighted by Gasteiger charge is -2.32. The number of carbonyl (C=O) groups excluding carboxylic acids is 2. The van der Waals surface area contributed by atoms with E-state index >= 15 is 0 Å². The number of anilines is 1. The Morgan fingerprint density at radius 3 is 2.10 bits per heavy atom. The number of amides is 2. The number of benzene rings is 3. The van der Waals surface area contributed by atoms with E-state index in [1.165, 1.54) is 17.0 Å². The number of nitrogens with one attached hydrogen (secondary N) is 1. The van der Waals surface area contributed by atoms with Crippen molar-refractivity contribution in [3.05, 3.63) is 90.0 Å². The lowest BCUT2D eigenvalue weighted by atomic mass is 10.1. The summed E-state index contributed by atoms with van der Waals surface area (Å²) >= 11 is 0. The smallest absolute Gasteiger partial charge is 0.264 e. The van der Waals surface area contributed by atoms with Gasteiger partial charge in [-0.1, -0.05) is 62.4 Å². The third kappa shape index (κ3) is 7.60. The first-order chi connectivity index (χ1) is 18.5. The number of hydrogen-bond acceptors (Lipinski definition) is 5. The minimum Gasteiger partial charge on any atom is -0.497 e. The predicted molar refractivity (Wildman–Crippen MR) is 153 cm³/mol. The summed E-state index contributed by atoms with van der Waals surface area (Å²) < 4.78 is 34.0. The van der Waals surface area contributed by atoms with Crippen molar-refractivity contribution in [2.24, 2.45) is 5.92 Å². The lowest BCUT2D eigenvalue weighted by Crippen LogP contribution is -2.51. The van der Waals surface area contributed by atoms with Gasteiger partial charge in [-0.2, -0.15) is 0 Å². The van der Waals surface area contributed by atoms with Crippen molar-refractivity contribution >= 4 is 27.5 Å². The largest absolute Gasteiger partial charge is 0.497 e. The maximum Gasteiger partial charge on any atom is 0.264 e. The fraction of sp³-hybridized carbons (Fsp3) is 0.333. The van der Waals surface area contributed by atoms with Gasteiger partial charge in [-0.15, -0.1) is 0 Å². The maximum atomic E-state index is 13.9. The molecule has 0 aliphatic rings. The summed E-state index contributed by atoms with van der Waals surface area (Å²) in [6.45, 7) is 7.53. The second kappa shape index (κ2) is 13.3. The van der Waals surface area contributed by atoms with E-state index in [0.29, 0.717) is 23.5 Å². The Bertz CT molecular complexity index is 1360. The monoisotopic (exact) mass is 551 g/mol. The number of aryl methyl sites for hydroxylation is 1. The van der Waals surface area contributed by atoms with Gasteiger partial charge in [0.05, 0.1) is 17.7 Å². The van der Waals surface area contributed by atoms with Gasteiger partial charge in [0.15, 0.2) is 0 Å². The molecule has 0 radical (unpaired) electrons. The van der Waals surface area contributed by atoms with Crippen molar-refractivity contribution in [3.8, 4) is 5.75 Å². The van der Waals surface area contributed by atoms with Crippen molar-refractivity contribution in [1.29, 1.82) is 0 Å². The Labute approximate surface area is 231 Å². The summed E-state index contributed by atoms with van der Waals surface area (Å²) in [7, 11) is -2.52. The molecule has 3 aromatic carbocycles. The molecule has 0 spiro atoms. The number of para-hydroxylation sites is 1. The molecule has 1 N–H and O–H groups in total. The van der Waals surface area contributed by atoms with Crippen LogP contribution in [0.3, 0.4) is 0 Å². The van der Waals surface area contributed by atoms with Crippen LogP contribution in [0.1, 0.15) is 31.9 Å². The van der Waals surface area contributed by atoms with E-state index in [0.717, 1.165) is 9.87 Å². The van der Waals surface area contributed by atoms with Crippen molar-refractivity contribution < 1.29 is 22.7 Å². The third-order valence-electron chi connectivity index (χ3n) is 6.36. The van der Waals surface area contributed by atoms with E-state index < -0.39 is 28.5 Å². The quantitative estimate of drug-likeness (QED) is 0.360. The molecule has 0 unspecified atom stereocenters. The molecule has 0 saturated heterocycles. The first kappa shape index (κ1) is 29.7. The standard InChI is InChI=1S/C30H37N3O5S/c1-22(2)19-31-30(35)24(4)32(20-25-15-17-26(38-5)18-16-25)29(34)21-33(28-14-10-9-11-23(28)3)39(36,37)27-12-7-6-8-13-27/h6-18,22,24H,19-21H2,1-5H3,(H,31,35)/t24-/m0/s1. The highest BCUT2D eigenvalue weighted by Crippen LogP contribution is 2.27. The van der Waals surface area contributed by atoms with Gasteiger partial charge in [-0.3, -0.25) is 13.9 Å².